The van der Waals surface area contributed by atoms with E-state index in [0.29, 0.717) is 18.4 Å². The quantitative estimate of drug-likeness (QED) is 0.835. The highest BCUT2D eigenvalue weighted by Gasteiger charge is 2.42. The molecule has 5 heteroatoms. The lowest BCUT2D eigenvalue weighted by atomic mass is 10.1. The summed E-state index contributed by atoms with van der Waals surface area (Å²) >= 11 is 0. The minimum atomic E-state index is -0.273. The number of carbonyl (C=O) groups is 2. The fraction of sp³-hybridized carbons (Fsp3) is 0.875. The third kappa shape index (κ3) is 3.57. The molecule has 3 unspecified atom stereocenters. The van der Waals surface area contributed by atoms with Crippen molar-refractivity contribution < 1.29 is 14.3 Å². The number of hydrogen-bond donors (Lipinski definition) is 1. The Bertz CT molecular complexity index is 402. The van der Waals surface area contributed by atoms with Gasteiger partial charge < -0.3 is 15.0 Å². The average Bonchev–Trinajstić information content (AvgIpc) is 3.17. The van der Waals surface area contributed by atoms with Crippen LogP contribution in [0.1, 0.15) is 51.9 Å². The Kier molecular flexibility index (Phi) is 4.48. The van der Waals surface area contributed by atoms with Crippen LogP contribution >= 0.6 is 0 Å². The van der Waals surface area contributed by atoms with Gasteiger partial charge >= 0.3 is 0 Å². The number of ether oxygens (including phenoxy) is 1. The maximum atomic E-state index is 12.7. The Morgan fingerprint density at radius 2 is 2.10 bits per heavy atom. The van der Waals surface area contributed by atoms with Crippen molar-refractivity contribution in [2.75, 3.05) is 13.2 Å². The summed E-state index contributed by atoms with van der Waals surface area (Å²) in [5, 5.41) is 2.93. The van der Waals surface area contributed by atoms with Crippen molar-refractivity contribution in [3.8, 4) is 0 Å². The molecule has 2 heterocycles. The predicted octanol–water partition coefficient (Wildman–Crippen LogP) is 1.46. The standard InChI is InChI=1S/C16H26N2O3/c1-11-10-14(19)17-15(12-6-7-12)16(20)18(11)8-2-4-13-5-3-9-21-13/h11-13,15H,2-10H2,1H3,(H,17,19). The summed E-state index contributed by atoms with van der Waals surface area (Å²) in [5.74, 6) is 0.519. The zero-order valence-electron chi connectivity index (χ0n) is 12.8. The molecule has 0 radical (unpaired) electrons. The Labute approximate surface area is 126 Å². The molecular weight excluding hydrogens is 268 g/mol. The molecule has 3 atom stereocenters. The topological polar surface area (TPSA) is 58.6 Å². The summed E-state index contributed by atoms with van der Waals surface area (Å²) in [4.78, 5) is 26.5. The van der Waals surface area contributed by atoms with E-state index in [4.69, 9.17) is 4.74 Å². The van der Waals surface area contributed by atoms with Crippen LogP contribution in [-0.4, -0.2) is 48.1 Å². The van der Waals surface area contributed by atoms with E-state index in [-0.39, 0.29) is 23.9 Å². The molecule has 2 aliphatic heterocycles. The first-order valence-electron chi connectivity index (χ1n) is 8.36. The van der Waals surface area contributed by atoms with E-state index in [0.717, 1.165) is 51.7 Å². The summed E-state index contributed by atoms with van der Waals surface area (Å²) in [5.41, 5.74) is 0. The van der Waals surface area contributed by atoms with Gasteiger partial charge in [0, 0.05) is 25.6 Å². The summed E-state index contributed by atoms with van der Waals surface area (Å²) in [6.07, 6.45) is 7.22. The van der Waals surface area contributed by atoms with Gasteiger partial charge in [-0.25, -0.2) is 0 Å². The van der Waals surface area contributed by atoms with Gasteiger partial charge in [-0.3, -0.25) is 9.59 Å². The molecule has 5 nitrogen and oxygen atoms in total. The number of hydrogen-bond acceptors (Lipinski definition) is 3. The Hall–Kier alpha value is -1.10. The number of rotatable bonds is 5. The largest absolute Gasteiger partial charge is 0.378 e. The van der Waals surface area contributed by atoms with E-state index in [2.05, 4.69) is 5.32 Å². The first kappa shape index (κ1) is 14.8. The van der Waals surface area contributed by atoms with Crippen LogP contribution in [0.25, 0.3) is 0 Å². The van der Waals surface area contributed by atoms with Crippen molar-refractivity contribution >= 4 is 11.8 Å². The van der Waals surface area contributed by atoms with Gasteiger partial charge in [-0.1, -0.05) is 0 Å². The molecule has 0 aromatic carbocycles. The predicted molar refractivity (Wildman–Crippen MR) is 78.7 cm³/mol. The van der Waals surface area contributed by atoms with E-state index in [9.17, 15) is 9.59 Å². The van der Waals surface area contributed by atoms with Gasteiger partial charge in [-0.2, -0.15) is 0 Å². The van der Waals surface area contributed by atoms with Crippen molar-refractivity contribution in [3.63, 3.8) is 0 Å². The van der Waals surface area contributed by atoms with Crippen molar-refractivity contribution in [1.82, 2.24) is 10.2 Å². The van der Waals surface area contributed by atoms with Gasteiger partial charge in [0.15, 0.2) is 0 Å². The van der Waals surface area contributed by atoms with Gasteiger partial charge in [-0.15, -0.1) is 0 Å². The van der Waals surface area contributed by atoms with Gasteiger partial charge in [0.05, 0.1) is 6.10 Å². The first-order chi connectivity index (χ1) is 10.1. The summed E-state index contributed by atoms with van der Waals surface area (Å²) in [6, 6.07) is -0.268. The van der Waals surface area contributed by atoms with E-state index in [1.54, 1.807) is 0 Å². The highest BCUT2D eigenvalue weighted by molar-refractivity contribution is 5.91. The third-order valence-electron chi connectivity index (χ3n) is 4.92. The molecule has 118 valence electrons. The molecule has 0 spiro atoms. The molecule has 2 amide bonds. The number of nitrogens with zero attached hydrogens (tertiary/aromatic N) is 1. The van der Waals surface area contributed by atoms with Gasteiger partial charge in [0.1, 0.15) is 6.04 Å². The highest BCUT2D eigenvalue weighted by Crippen LogP contribution is 2.34. The maximum absolute atomic E-state index is 12.7. The molecule has 2 saturated heterocycles. The monoisotopic (exact) mass is 294 g/mol. The smallest absolute Gasteiger partial charge is 0.245 e. The zero-order valence-corrected chi connectivity index (χ0v) is 12.8. The third-order valence-corrected chi connectivity index (χ3v) is 4.92. The van der Waals surface area contributed by atoms with Crippen LogP contribution in [0.5, 0.6) is 0 Å². The molecule has 21 heavy (non-hydrogen) atoms. The van der Waals surface area contributed by atoms with Crippen molar-refractivity contribution in [1.29, 1.82) is 0 Å². The van der Waals surface area contributed by atoms with Gasteiger partial charge in [0.2, 0.25) is 11.8 Å². The molecule has 1 saturated carbocycles. The average molecular weight is 294 g/mol. The molecule has 3 rings (SSSR count). The van der Waals surface area contributed by atoms with Gasteiger partial charge in [0.25, 0.3) is 0 Å². The van der Waals surface area contributed by atoms with Gasteiger partial charge in [-0.05, 0) is 51.4 Å². The summed E-state index contributed by atoms with van der Waals surface area (Å²) < 4.78 is 5.64. The van der Waals surface area contributed by atoms with E-state index < -0.39 is 0 Å². The second kappa shape index (κ2) is 6.34. The maximum Gasteiger partial charge on any atom is 0.245 e. The zero-order chi connectivity index (χ0) is 14.8. The Morgan fingerprint density at radius 1 is 1.29 bits per heavy atom. The van der Waals surface area contributed by atoms with Crippen molar-refractivity contribution in [3.05, 3.63) is 0 Å². The molecular formula is C16H26N2O3. The fourth-order valence-corrected chi connectivity index (χ4v) is 3.51. The van der Waals surface area contributed by atoms with Crippen LogP contribution in [0.15, 0.2) is 0 Å². The summed E-state index contributed by atoms with van der Waals surface area (Å²) in [6.45, 7) is 3.61. The highest BCUT2D eigenvalue weighted by atomic mass is 16.5. The Morgan fingerprint density at radius 3 is 2.76 bits per heavy atom. The molecule has 3 fully saturated rings. The molecule has 0 aromatic heterocycles. The number of amides is 2. The normalized spacial score (nSPS) is 34.0. The lowest BCUT2D eigenvalue weighted by molar-refractivity contribution is -0.135. The summed E-state index contributed by atoms with van der Waals surface area (Å²) in [7, 11) is 0. The van der Waals surface area contributed by atoms with Crippen LogP contribution in [0.3, 0.4) is 0 Å². The lowest BCUT2D eigenvalue weighted by Crippen LogP contribution is -2.47. The second-order valence-corrected chi connectivity index (χ2v) is 6.74. The molecule has 3 aliphatic rings. The molecule has 1 aliphatic carbocycles. The minimum absolute atomic E-state index is 0.00532. The van der Waals surface area contributed by atoms with E-state index in [1.165, 1.54) is 0 Å². The van der Waals surface area contributed by atoms with E-state index >= 15 is 0 Å². The Balaban J connectivity index is 1.57. The van der Waals surface area contributed by atoms with Crippen LogP contribution in [0.2, 0.25) is 0 Å². The van der Waals surface area contributed by atoms with Crippen LogP contribution in [0, 0.1) is 5.92 Å². The van der Waals surface area contributed by atoms with Crippen LogP contribution < -0.4 is 5.32 Å². The van der Waals surface area contributed by atoms with Crippen LogP contribution in [-0.2, 0) is 14.3 Å². The van der Waals surface area contributed by atoms with Crippen LogP contribution in [0.4, 0.5) is 0 Å². The molecule has 1 N–H and O–H groups in total. The minimum Gasteiger partial charge on any atom is -0.378 e. The SMILES string of the molecule is CC1CC(=O)NC(C2CC2)C(=O)N1CCCC1CCCO1. The number of nitrogens with one attached hydrogen (secondary N) is 1. The number of carbonyl (C=O) groups excluding carboxylic acids is 2. The van der Waals surface area contributed by atoms with Crippen molar-refractivity contribution in [2.45, 2.75) is 70.1 Å². The molecule has 0 aromatic rings. The lowest BCUT2D eigenvalue weighted by Gasteiger charge is -2.29. The van der Waals surface area contributed by atoms with Crippen molar-refractivity contribution in [2.24, 2.45) is 5.92 Å². The second-order valence-electron chi connectivity index (χ2n) is 6.74. The fourth-order valence-electron chi connectivity index (χ4n) is 3.51. The molecule has 0 bridgehead atoms. The first-order valence-corrected chi connectivity index (χ1v) is 8.36. The van der Waals surface area contributed by atoms with E-state index in [1.807, 2.05) is 11.8 Å².